The SMILES string of the molecule is Cc1noc(C)c1S(=O)(=O)N1CCC(C(=O)NCc2ccc(N(C)C)cc2)CC1. The van der Waals surface area contributed by atoms with Gasteiger partial charge in [0.1, 0.15) is 10.6 Å². The Hall–Kier alpha value is -2.39. The van der Waals surface area contributed by atoms with Crippen LogP contribution in [0.2, 0.25) is 0 Å². The van der Waals surface area contributed by atoms with E-state index in [1.165, 1.54) is 4.31 Å². The Labute approximate surface area is 171 Å². The Morgan fingerprint density at radius 3 is 2.34 bits per heavy atom. The van der Waals surface area contributed by atoms with Gasteiger partial charge >= 0.3 is 0 Å². The fourth-order valence-electron chi connectivity index (χ4n) is 3.58. The molecule has 1 aromatic carbocycles. The lowest BCUT2D eigenvalue weighted by atomic mass is 9.97. The van der Waals surface area contributed by atoms with Gasteiger partial charge in [-0.25, -0.2) is 8.42 Å². The number of nitrogens with one attached hydrogen (secondary N) is 1. The van der Waals surface area contributed by atoms with Gasteiger partial charge in [0.2, 0.25) is 15.9 Å². The van der Waals surface area contributed by atoms with Crippen molar-refractivity contribution in [2.75, 3.05) is 32.1 Å². The Bertz CT molecular complexity index is 939. The van der Waals surface area contributed by atoms with Crippen LogP contribution in [0.15, 0.2) is 33.7 Å². The number of sulfonamides is 1. The third-order valence-electron chi connectivity index (χ3n) is 5.31. The average molecular weight is 421 g/mol. The summed E-state index contributed by atoms with van der Waals surface area (Å²) in [4.78, 5) is 14.7. The van der Waals surface area contributed by atoms with Crippen LogP contribution >= 0.6 is 0 Å². The van der Waals surface area contributed by atoms with Gasteiger partial charge < -0.3 is 14.7 Å². The Morgan fingerprint density at radius 2 is 1.83 bits per heavy atom. The fraction of sp³-hybridized carbons (Fsp3) is 0.500. The van der Waals surface area contributed by atoms with E-state index < -0.39 is 10.0 Å². The first-order valence-corrected chi connectivity index (χ1v) is 11.1. The topological polar surface area (TPSA) is 95.8 Å². The molecule has 158 valence electrons. The minimum Gasteiger partial charge on any atom is -0.378 e. The predicted octanol–water partition coefficient (Wildman–Crippen LogP) is 2.07. The fourth-order valence-corrected chi connectivity index (χ4v) is 5.34. The third-order valence-corrected chi connectivity index (χ3v) is 7.45. The highest BCUT2D eigenvalue weighted by Gasteiger charge is 2.35. The highest BCUT2D eigenvalue weighted by atomic mass is 32.2. The number of carbonyl (C=O) groups excluding carboxylic acids is 1. The lowest BCUT2D eigenvalue weighted by Gasteiger charge is -2.30. The number of aryl methyl sites for hydroxylation is 2. The molecule has 0 radical (unpaired) electrons. The molecule has 0 aliphatic carbocycles. The first-order chi connectivity index (χ1) is 13.7. The highest BCUT2D eigenvalue weighted by Crippen LogP contribution is 2.27. The van der Waals surface area contributed by atoms with Gasteiger partial charge in [-0.3, -0.25) is 4.79 Å². The number of rotatable bonds is 6. The minimum absolute atomic E-state index is 0.0314. The summed E-state index contributed by atoms with van der Waals surface area (Å²) in [7, 11) is 0.308. The number of amides is 1. The van der Waals surface area contributed by atoms with Gasteiger partial charge in [-0.05, 0) is 44.4 Å². The molecule has 8 nitrogen and oxygen atoms in total. The molecule has 2 heterocycles. The van der Waals surface area contributed by atoms with E-state index in [4.69, 9.17) is 4.52 Å². The van der Waals surface area contributed by atoms with E-state index in [9.17, 15) is 13.2 Å². The van der Waals surface area contributed by atoms with Gasteiger partial charge in [0.25, 0.3) is 0 Å². The summed E-state index contributed by atoms with van der Waals surface area (Å²) in [6.45, 7) is 4.29. The van der Waals surface area contributed by atoms with Crippen molar-refractivity contribution < 1.29 is 17.7 Å². The summed E-state index contributed by atoms with van der Waals surface area (Å²) in [5.41, 5.74) is 2.50. The van der Waals surface area contributed by atoms with Crippen LogP contribution in [0, 0.1) is 19.8 Å². The van der Waals surface area contributed by atoms with Crippen LogP contribution in [0.25, 0.3) is 0 Å². The number of aromatic nitrogens is 1. The molecule has 1 fully saturated rings. The Morgan fingerprint density at radius 1 is 1.21 bits per heavy atom. The number of nitrogens with zero attached hydrogens (tertiary/aromatic N) is 3. The van der Waals surface area contributed by atoms with Crippen molar-refractivity contribution in [2.24, 2.45) is 5.92 Å². The molecule has 0 unspecified atom stereocenters. The van der Waals surface area contributed by atoms with Gasteiger partial charge in [-0.2, -0.15) is 4.31 Å². The Kier molecular flexibility index (Phi) is 6.28. The molecule has 0 atom stereocenters. The van der Waals surface area contributed by atoms with Crippen molar-refractivity contribution in [3.63, 3.8) is 0 Å². The number of carbonyl (C=O) groups is 1. The molecule has 1 aliphatic heterocycles. The van der Waals surface area contributed by atoms with Crippen molar-refractivity contribution in [3.8, 4) is 0 Å². The monoisotopic (exact) mass is 420 g/mol. The second-order valence-electron chi connectivity index (χ2n) is 7.61. The molecule has 0 bridgehead atoms. The standard InChI is InChI=1S/C20H28N4O4S/c1-14-19(15(2)28-22-14)29(26,27)24-11-9-17(10-12-24)20(25)21-13-16-5-7-18(8-6-16)23(3)4/h5-8,17H,9-13H2,1-4H3,(H,21,25). The van der Waals surface area contributed by atoms with Gasteiger partial charge in [-0.15, -0.1) is 0 Å². The second kappa shape index (κ2) is 8.54. The molecule has 1 N–H and O–H groups in total. The largest absolute Gasteiger partial charge is 0.378 e. The van der Waals surface area contributed by atoms with E-state index in [1.807, 2.05) is 43.3 Å². The molecule has 1 amide bonds. The van der Waals surface area contributed by atoms with Crippen LogP contribution < -0.4 is 10.2 Å². The molecule has 2 aromatic rings. The quantitative estimate of drug-likeness (QED) is 0.769. The second-order valence-corrected chi connectivity index (χ2v) is 9.49. The van der Waals surface area contributed by atoms with Crippen LogP contribution in [0.5, 0.6) is 0 Å². The molecule has 1 aromatic heterocycles. The van der Waals surface area contributed by atoms with E-state index >= 15 is 0 Å². The van der Waals surface area contributed by atoms with Crippen LogP contribution in [-0.4, -0.2) is 51.0 Å². The van der Waals surface area contributed by atoms with Crippen molar-refractivity contribution in [2.45, 2.75) is 38.1 Å². The maximum absolute atomic E-state index is 12.9. The van der Waals surface area contributed by atoms with Crippen molar-refractivity contribution >= 4 is 21.6 Å². The van der Waals surface area contributed by atoms with Crippen LogP contribution in [0.1, 0.15) is 29.9 Å². The number of hydrogen-bond donors (Lipinski definition) is 1. The van der Waals surface area contributed by atoms with Gasteiger partial charge in [0.05, 0.1) is 0 Å². The first kappa shape index (κ1) is 21.3. The maximum atomic E-state index is 12.9. The van der Waals surface area contributed by atoms with Crippen LogP contribution in [0.4, 0.5) is 5.69 Å². The summed E-state index contributed by atoms with van der Waals surface area (Å²) in [6, 6.07) is 8.02. The number of benzene rings is 1. The van der Waals surface area contributed by atoms with Crippen LogP contribution in [0.3, 0.4) is 0 Å². The zero-order valence-corrected chi connectivity index (χ0v) is 18.1. The molecular weight excluding hydrogens is 392 g/mol. The van der Waals surface area contributed by atoms with Gasteiger partial charge in [0, 0.05) is 45.3 Å². The summed E-state index contributed by atoms with van der Waals surface area (Å²) in [6.07, 6.45) is 0.988. The molecule has 9 heteroatoms. The van der Waals surface area contributed by atoms with E-state index in [1.54, 1.807) is 13.8 Å². The molecule has 0 spiro atoms. The smallest absolute Gasteiger partial charge is 0.248 e. The zero-order chi connectivity index (χ0) is 21.2. The molecule has 0 saturated carbocycles. The van der Waals surface area contributed by atoms with E-state index in [0.717, 1.165) is 11.3 Å². The molecule has 29 heavy (non-hydrogen) atoms. The molecule has 1 saturated heterocycles. The summed E-state index contributed by atoms with van der Waals surface area (Å²) < 4.78 is 32.2. The summed E-state index contributed by atoms with van der Waals surface area (Å²) in [5, 5.41) is 6.71. The lowest BCUT2D eigenvalue weighted by Crippen LogP contribution is -2.43. The predicted molar refractivity (Wildman–Crippen MR) is 110 cm³/mol. The molecular formula is C20H28N4O4S. The maximum Gasteiger partial charge on any atom is 0.248 e. The van der Waals surface area contributed by atoms with Gasteiger partial charge in [0.15, 0.2) is 5.76 Å². The molecule has 1 aliphatic rings. The van der Waals surface area contributed by atoms with Crippen molar-refractivity contribution in [1.82, 2.24) is 14.8 Å². The summed E-state index contributed by atoms with van der Waals surface area (Å²) >= 11 is 0. The first-order valence-electron chi connectivity index (χ1n) is 9.67. The lowest BCUT2D eigenvalue weighted by molar-refractivity contribution is -0.126. The summed E-state index contributed by atoms with van der Waals surface area (Å²) in [5.74, 6) is 0.0749. The van der Waals surface area contributed by atoms with Gasteiger partial charge in [-0.1, -0.05) is 17.3 Å². The van der Waals surface area contributed by atoms with E-state index in [0.29, 0.717) is 43.9 Å². The number of anilines is 1. The van der Waals surface area contributed by atoms with E-state index in [-0.39, 0.29) is 16.7 Å². The number of piperidine rings is 1. The minimum atomic E-state index is -3.65. The normalized spacial score (nSPS) is 16.0. The number of hydrogen-bond acceptors (Lipinski definition) is 6. The Balaban J connectivity index is 1.54. The average Bonchev–Trinajstić information content (AvgIpc) is 3.05. The van der Waals surface area contributed by atoms with Crippen LogP contribution in [-0.2, 0) is 21.4 Å². The van der Waals surface area contributed by atoms with Crippen molar-refractivity contribution in [3.05, 3.63) is 41.3 Å². The molecule has 3 rings (SSSR count). The highest BCUT2D eigenvalue weighted by molar-refractivity contribution is 7.89. The third kappa shape index (κ3) is 4.62. The zero-order valence-electron chi connectivity index (χ0n) is 17.3. The van der Waals surface area contributed by atoms with Crippen molar-refractivity contribution in [1.29, 1.82) is 0 Å². The van der Waals surface area contributed by atoms with E-state index in [2.05, 4.69) is 10.5 Å².